The van der Waals surface area contributed by atoms with Gasteiger partial charge in [-0.05, 0) is 37.5 Å². The third-order valence-corrected chi connectivity index (χ3v) is 4.66. The minimum atomic E-state index is -0.140. The molecule has 0 radical (unpaired) electrons. The van der Waals surface area contributed by atoms with Crippen molar-refractivity contribution in [2.75, 3.05) is 32.6 Å². The highest BCUT2D eigenvalue weighted by molar-refractivity contribution is 5.88. The molecule has 0 aliphatic carbocycles. The van der Waals surface area contributed by atoms with Crippen LogP contribution in [-0.4, -0.2) is 54.1 Å². The second kappa shape index (κ2) is 8.30. The molecule has 8 nitrogen and oxygen atoms in total. The number of nitrogens with one attached hydrogen (secondary N) is 1. The number of nitrogens with zero attached hydrogens (tertiary/aromatic N) is 3. The molecule has 1 atom stereocenters. The molecule has 2 aromatic rings. The number of hydrogen-bond donors (Lipinski definition) is 2. The molecule has 1 aliphatic heterocycles. The average molecular weight is 373 g/mol. The van der Waals surface area contributed by atoms with Gasteiger partial charge in [-0.1, -0.05) is 6.07 Å². The highest BCUT2D eigenvalue weighted by atomic mass is 16.5. The van der Waals surface area contributed by atoms with E-state index in [0.717, 1.165) is 30.6 Å². The van der Waals surface area contributed by atoms with Crippen molar-refractivity contribution in [3.8, 4) is 11.5 Å². The van der Waals surface area contributed by atoms with Gasteiger partial charge in [0.05, 0.1) is 26.5 Å². The van der Waals surface area contributed by atoms with E-state index in [1.54, 1.807) is 23.8 Å². The minimum Gasteiger partial charge on any atom is -0.493 e. The highest BCUT2D eigenvalue weighted by Crippen LogP contribution is 2.28. The molecule has 0 saturated carbocycles. The van der Waals surface area contributed by atoms with Crippen molar-refractivity contribution in [1.29, 1.82) is 0 Å². The van der Waals surface area contributed by atoms with Crippen LogP contribution in [0.4, 0.5) is 10.6 Å². The molecule has 1 aromatic carbocycles. The van der Waals surface area contributed by atoms with Gasteiger partial charge in [0, 0.05) is 25.2 Å². The molecule has 3 N–H and O–H groups in total. The van der Waals surface area contributed by atoms with E-state index in [9.17, 15) is 4.79 Å². The lowest BCUT2D eigenvalue weighted by Gasteiger charge is -2.30. The first-order valence-electron chi connectivity index (χ1n) is 9.07. The standard InChI is InChI=1S/C19H27N5O3/c1-13-9-18(21-19(25)23-8-4-5-15(20)12-23)24(22-13)11-14-6-7-16(26-2)17(10-14)27-3/h6-7,9-10,15H,4-5,8,11-12,20H2,1-3H3,(H,21,25)/t15-/m0/s1. The molecule has 8 heteroatoms. The van der Waals surface area contributed by atoms with Gasteiger partial charge in [-0.2, -0.15) is 5.10 Å². The number of likely N-dealkylation sites (tertiary alicyclic amines) is 1. The first-order valence-corrected chi connectivity index (χ1v) is 9.07. The summed E-state index contributed by atoms with van der Waals surface area (Å²) in [6.45, 7) is 3.71. The number of amides is 2. The van der Waals surface area contributed by atoms with Crippen LogP contribution < -0.4 is 20.5 Å². The Morgan fingerprint density at radius 3 is 2.78 bits per heavy atom. The number of aromatic nitrogens is 2. The van der Waals surface area contributed by atoms with Crippen LogP contribution >= 0.6 is 0 Å². The van der Waals surface area contributed by atoms with Crippen molar-refractivity contribution in [3.05, 3.63) is 35.5 Å². The molecule has 3 rings (SSSR count). The molecule has 1 saturated heterocycles. The summed E-state index contributed by atoms with van der Waals surface area (Å²) in [7, 11) is 3.21. The van der Waals surface area contributed by atoms with E-state index in [1.165, 1.54) is 0 Å². The minimum absolute atomic E-state index is 0.0444. The van der Waals surface area contributed by atoms with E-state index in [-0.39, 0.29) is 12.1 Å². The summed E-state index contributed by atoms with van der Waals surface area (Å²) in [5.74, 6) is 1.99. The molecule has 0 bridgehead atoms. The maximum atomic E-state index is 12.6. The predicted octanol–water partition coefficient (Wildman–Crippen LogP) is 2.21. The molecular weight excluding hydrogens is 346 g/mol. The number of carbonyl (C=O) groups excluding carboxylic acids is 1. The monoisotopic (exact) mass is 373 g/mol. The van der Waals surface area contributed by atoms with Crippen molar-refractivity contribution < 1.29 is 14.3 Å². The zero-order valence-electron chi connectivity index (χ0n) is 16.1. The Labute approximate surface area is 159 Å². The van der Waals surface area contributed by atoms with Crippen LogP contribution in [0.25, 0.3) is 0 Å². The average Bonchev–Trinajstić information content (AvgIpc) is 3.00. The van der Waals surface area contributed by atoms with E-state index in [4.69, 9.17) is 15.2 Å². The summed E-state index contributed by atoms with van der Waals surface area (Å²) >= 11 is 0. The molecule has 27 heavy (non-hydrogen) atoms. The Morgan fingerprint density at radius 2 is 2.07 bits per heavy atom. The second-order valence-corrected chi connectivity index (χ2v) is 6.80. The summed E-state index contributed by atoms with van der Waals surface area (Å²) in [6.07, 6.45) is 1.89. The van der Waals surface area contributed by atoms with Crippen LogP contribution in [0.5, 0.6) is 11.5 Å². The van der Waals surface area contributed by atoms with Gasteiger partial charge < -0.3 is 20.1 Å². The number of hydrogen-bond acceptors (Lipinski definition) is 5. The molecule has 0 spiro atoms. The summed E-state index contributed by atoms with van der Waals surface area (Å²) in [6, 6.07) is 7.49. The molecule has 1 aliphatic rings. The Hall–Kier alpha value is -2.74. The van der Waals surface area contributed by atoms with Crippen molar-refractivity contribution >= 4 is 11.8 Å². The van der Waals surface area contributed by atoms with Gasteiger partial charge in [0.25, 0.3) is 0 Å². The third kappa shape index (κ3) is 4.51. The number of ether oxygens (including phenoxy) is 2. The molecule has 146 valence electrons. The van der Waals surface area contributed by atoms with Gasteiger partial charge in [-0.15, -0.1) is 0 Å². The highest BCUT2D eigenvalue weighted by Gasteiger charge is 2.22. The number of aryl methyl sites for hydroxylation is 1. The van der Waals surface area contributed by atoms with Gasteiger partial charge in [0.2, 0.25) is 0 Å². The third-order valence-electron chi connectivity index (χ3n) is 4.66. The van der Waals surface area contributed by atoms with Gasteiger partial charge in [0.1, 0.15) is 5.82 Å². The van der Waals surface area contributed by atoms with Crippen LogP contribution in [0.2, 0.25) is 0 Å². The lowest BCUT2D eigenvalue weighted by Crippen LogP contribution is -2.47. The normalized spacial score (nSPS) is 16.9. The van der Waals surface area contributed by atoms with Crippen LogP contribution in [0.15, 0.2) is 24.3 Å². The lowest BCUT2D eigenvalue weighted by molar-refractivity contribution is 0.193. The Balaban J connectivity index is 1.75. The Kier molecular flexibility index (Phi) is 5.85. The summed E-state index contributed by atoms with van der Waals surface area (Å²) < 4.78 is 12.4. The first-order chi connectivity index (χ1) is 13.0. The molecule has 0 unspecified atom stereocenters. The number of anilines is 1. The predicted molar refractivity (Wildman–Crippen MR) is 103 cm³/mol. The fourth-order valence-electron chi connectivity index (χ4n) is 3.30. The second-order valence-electron chi connectivity index (χ2n) is 6.80. The van der Waals surface area contributed by atoms with Crippen molar-refractivity contribution in [1.82, 2.24) is 14.7 Å². The quantitative estimate of drug-likeness (QED) is 0.838. The van der Waals surface area contributed by atoms with Gasteiger partial charge >= 0.3 is 6.03 Å². The Morgan fingerprint density at radius 1 is 1.30 bits per heavy atom. The molecule has 2 amide bonds. The van der Waals surface area contributed by atoms with Crippen LogP contribution in [0, 0.1) is 6.92 Å². The summed E-state index contributed by atoms with van der Waals surface area (Å²) in [5, 5.41) is 7.47. The van der Waals surface area contributed by atoms with Crippen LogP contribution in [0.3, 0.4) is 0 Å². The summed E-state index contributed by atoms with van der Waals surface area (Å²) in [4.78, 5) is 14.4. The first kappa shape index (κ1) is 19.0. The van der Waals surface area contributed by atoms with E-state index >= 15 is 0 Å². The smallest absolute Gasteiger partial charge is 0.323 e. The van der Waals surface area contributed by atoms with Gasteiger partial charge in [-0.25, -0.2) is 9.48 Å². The molecule has 1 aromatic heterocycles. The maximum Gasteiger partial charge on any atom is 0.323 e. The van der Waals surface area contributed by atoms with Crippen LogP contribution in [0.1, 0.15) is 24.1 Å². The largest absolute Gasteiger partial charge is 0.493 e. The fourth-order valence-corrected chi connectivity index (χ4v) is 3.30. The van der Waals surface area contributed by atoms with Gasteiger partial charge in [0.15, 0.2) is 11.5 Å². The fraction of sp³-hybridized carbons (Fsp3) is 0.474. The van der Waals surface area contributed by atoms with Gasteiger partial charge in [-0.3, -0.25) is 5.32 Å². The summed E-state index contributed by atoms with van der Waals surface area (Å²) in [5.41, 5.74) is 7.81. The Bertz CT molecular complexity index is 805. The number of rotatable bonds is 5. The van der Waals surface area contributed by atoms with Crippen molar-refractivity contribution in [2.45, 2.75) is 32.4 Å². The molecule has 1 fully saturated rings. The molecular formula is C19H27N5O3. The zero-order chi connectivity index (χ0) is 19.4. The maximum absolute atomic E-state index is 12.6. The van der Waals surface area contributed by atoms with E-state index < -0.39 is 0 Å². The number of urea groups is 1. The molecule has 2 heterocycles. The van der Waals surface area contributed by atoms with E-state index in [2.05, 4.69) is 10.4 Å². The van der Waals surface area contributed by atoms with Crippen molar-refractivity contribution in [2.24, 2.45) is 5.73 Å². The zero-order valence-corrected chi connectivity index (χ0v) is 16.1. The van der Waals surface area contributed by atoms with Crippen molar-refractivity contribution in [3.63, 3.8) is 0 Å². The van der Waals surface area contributed by atoms with E-state index in [1.807, 2.05) is 31.2 Å². The topological polar surface area (TPSA) is 94.6 Å². The number of nitrogens with two attached hydrogens (primary N) is 1. The van der Waals surface area contributed by atoms with Crippen LogP contribution in [-0.2, 0) is 6.54 Å². The number of carbonyl (C=O) groups is 1. The SMILES string of the molecule is COc1ccc(Cn2nc(C)cc2NC(=O)N2CCC[C@H](N)C2)cc1OC. The number of benzene rings is 1. The number of piperidine rings is 1. The number of methoxy groups -OCH3 is 2. The lowest BCUT2D eigenvalue weighted by atomic mass is 10.1. The van der Waals surface area contributed by atoms with E-state index in [0.29, 0.717) is 30.4 Å².